The number of rotatable bonds is 4. The highest BCUT2D eigenvalue weighted by molar-refractivity contribution is 6.27. The third-order valence-corrected chi connectivity index (χ3v) is 3.39. The first-order valence-electron chi connectivity index (χ1n) is 4.56. The largest absolute Gasteiger partial charge is 0.407 e. The third-order valence-electron chi connectivity index (χ3n) is 2.11. The Balaban J connectivity index is 5.14. The highest BCUT2D eigenvalue weighted by atomic mass is 35.5. The maximum absolute atomic E-state index is 12.7. The molecule has 0 radical (unpaired) electrons. The first kappa shape index (κ1) is 18.2. The lowest BCUT2D eigenvalue weighted by molar-refractivity contribution is -0.176. The van der Waals surface area contributed by atoms with Crippen LogP contribution in [0.1, 0.15) is 19.8 Å². The lowest BCUT2D eigenvalue weighted by atomic mass is 9.94. The topological polar surface area (TPSA) is 0 Å². The molecule has 9 heteroatoms. The van der Waals surface area contributed by atoms with Crippen LogP contribution in [0.15, 0.2) is 11.1 Å². The summed E-state index contributed by atoms with van der Waals surface area (Å²) in [5.74, 6) is 0. The summed E-state index contributed by atoms with van der Waals surface area (Å²) in [6, 6.07) is 0. The number of hydrogen-bond acceptors (Lipinski definition) is 0. The van der Waals surface area contributed by atoms with E-state index in [-0.39, 0.29) is 5.57 Å². The van der Waals surface area contributed by atoms with E-state index < -0.39 is 35.4 Å². The second kappa shape index (κ2) is 6.09. The molecule has 0 aromatic rings. The minimum atomic E-state index is -5.03. The molecule has 0 aliphatic carbocycles. The zero-order chi connectivity index (χ0) is 14.8. The van der Waals surface area contributed by atoms with Gasteiger partial charge in [0.15, 0.2) is 0 Å². The predicted octanol–water partition coefficient (Wildman–Crippen LogP) is 5.62. The second-order valence-corrected chi connectivity index (χ2v) is 5.28. The smallest absolute Gasteiger partial charge is 0.169 e. The van der Waals surface area contributed by atoms with Gasteiger partial charge in [-0.3, -0.25) is 0 Å². The van der Waals surface area contributed by atoms with E-state index in [2.05, 4.69) is 0 Å². The van der Waals surface area contributed by atoms with E-state index in [4.69, 9.17) is 34.8 Å². The van der Waals surface area contributed by atoms with Gasteiger partial charge in [-0.1, -0.05) is 17.2 Å². The van der Waals surface area contributed by atoms with E-state index >= 15 is 0 Å². The normalized spacial score (nSPS) is 19.6. The Morgan fingerprint density at radius 2 is 1.61 bits per heavy atom. The molecule has 0 aromatic heterocycles. The Hall–Kier alpha value is 0.190. The van der Waals surface area contributed by atoms with Crippen LogP contribution in [-0.2, 0) is 0 Å². The molecule has 0 saturated carbocycles. The second-order valence-electron chi connectivity index (χ2n) is 3.81. The lowest BCUT2D eigenvalue weighted by Crippen LogP contribution is -2.44. The number of hydrogen-bond donors (Lipinski definition) is 0. The number of alkyl halides is 8. The maximum Gasteiger partial charge on any atom is 0.407 e. The summed E-state index contributed by atoms with van der Waals surface area (Å²) in [6.45, 7) is 1.23. The molecule has 2 unspecified atom stereocenters. The van der Waals surface area contributed by atoms with Gasteiger partial charge in [0.1, 0.15) is 10.3 Å². The molecule has 0 aliphatic heterocycles. The summed E-state index contributed by atoms with van der Waals surface area (Å²) < 4.78 is 74.7. The van der Waals surface area contributed by atoms with Crippen molar-refractivity contribution >= 4 is 34.8 Å². The summed E-state index contributed by atoms with van der Waals surface area (Å²) >= 11 is 15.4. The van der Waals surface area contributed by atoms with Crippen molar-refractivity contribution in [1.82, 2.24) is 0 Å². The molecule has 0 N–H and O–H groups in total. The van der Waals surface area contributed by atoms with Crippen LogP contribution >= 0.6 is 34.8 Å². The van der Waals surface area contributed by atoms with Crippen molar-refractivity contribution in [2.75, 3.05) is 0 Å². The molecule has 0 rings (SSSR count). The highest BCUT2D eigenvalue weighted by Crippen LogP contribution is 2.47. The zero-order valence-corrected chi connectivity index (χ0v) is 11.2. The maximum atomic E-state index is 12.7. The van der Waals surface area contributed by atoms with E-state index in [1.165, 1.54) is 6.92 Å². The summed E-state index contributed by atoms with van der Waals surface area (Å²) in [5.41, 5.74) is 0.842. The van der Waals surface area contributed by atoms with Crippen LogP contribution in [0.2, 0.25) is 0 Å². The van der Waals surface area contributed by atoms with Crippen molar-refractivity contribution in [2.45, 2.75) is 42.4 Å². The lowest BCUT2D eigenvalue weighted by Gasteiger charge is -2.32. The molecule has 0 aromatic carbocycles. The zero-order valence-electron chi connectivity index (χ0n) is 8.97. The quantitative estimate of drug-likeness (QED) is 0.461. The van der Waals surface area contributed by atoms with E-state index in [0.29, 0.717) is 0 Å². The fraction of sp³-hybridized carbons (Fsp3) is 0.778. The van der Waals surface area contributed by atoms with E-state index in [1.54, 1.807) is 0 Å². The van der Waals surface area contributed by atoms with Crippen molar-refractivity contribution in [2.24, 2.45) is 0 Å². The van der Waals surface area contributed by atoms with Gasteiger partial charge in [-0.05, 0) is 13.3 Å². The Bertz CT molecular complexity index is 308. The standard InChI is InChI=1S/C9H9Cl3F6/c1-5(4-10)2-7(12,9(16,17)18)3-6(11)8(13,14)15/h4,6H,2-3H2,1H3. The predicted molar refractivity (Wildman–Crippen MR) is 59.2 cm³/mol. The van der Waals surface area contributed by atoms with Crippen molar-refractivity contribution in [3.63, 3.8) is 0 Å². The summed E-state index contributed by atoms with van der Waals surface area (Å²) in [6.07, 6.45) is -12.3. The van der Waals surface area contributed by atoms with Gasteiger partial charge >= 0.3 is 12.4 Å². The van der Waals surface area contributed by atoms with Crippen molar-refractivity contribution in [1.29, 1.82) is 0 Å². The van der Waals surface area contributed by atoms with Gasteiger partial charge in [0, 0.05) is 12.0 Å². The van der Waals surface area contributed by atoms with Crippen LogP contribution in [0.25, 0.3) is 0 Å². The van der Waals surface area contributed by atoms with Crippen molar-refractivity contribution in [3.8, 4) is 0 Å². The van der Waals surface area contributed by atoms with Crippen LogP contribution in [0.5, 0.6) is 0 Å². The van der Waals surface area contributed by atoms with Gasteiger partial charge in [0.2, 0.25) is 0 Å². The van der Waals surface area contributed by atoms with E-state index in [1.807, 2.05) is 0 Å². The van der Waals surface area contributed by atoms with Crippen molar-refractivity contribution < 1.29 is 26.3 Å². The summed E-state index contributed by atoms with van der Waals surface area (Å²) in [4.78, 5) is -3.09. The average molecular weight is 338 g/mol. The monoisotopic (exact) mass is 336 g/mol. The highest BCUT2D eigenvalue weighted by Gasteiger charge is 2.57. The molecule has 0 amide bonds. The molecule has 2 atom stereocenters. The molecule has 18 heavy (non-hydrogen) atoms. The van der Waals surface area contributed by atoms with Crippen LogP contribution in [0.3, 0.4) is 0 Å². The third kappa shape index (κ3) is 5.05. The Morgan fingerprint density at radius 1 is 1.17 bits per heavy atom. The minimum Gasteiger partial charge on any atom is -0.169 e. The molecule has 0 heterocycles. The minimum absolute atomic E-state index is 0.00929. The van der Waals surface area contributed by atoms with Gasteiger partial charge in [0.05, 0.1) is 0 Å². The molecule has 0 aliphatic rings. The first-order chi connectivity index (χ1) is 7.83. The molecular weight excluding hydrogens is 328 g/mol. The molecule has 108 valence electrons. The molecule has 0 bridgehead atoms. The fourth-order valence-corrected chi connectivity index (χ4v) is 1.95. The Kier molecular flexibility index (Phi) is 6.16. The van der Waals surface area contributed by atoms with Gasteiger partial charge in [-0.15, -0.1) is 23.2 Å². The molecule has 0 nitrogen and oxygen atoms in total. The van der Waals surface area contributed by atoms with Crippen molar-refractivity contribution in [3.05, 3.63) is 11.1 Å². The SMILES string of the molecule is CC(=CCl)CC(Cl)(CC(Cl)C(F)(F)F)C(F)(F)F. The van der Waals surface area contributed by atoms with Crippen LogP contribution in [0, 0.1) is 0 Å². The van der Waals surface area contributed by atoms with Crippen LogP contribution < -0.4 is 0 Å². The van der Waals surface area contributed by atoms with Gasteiger partial charge in [-0.25, -0.2) is 0 Å². The van der Waals surface area contributed by atoms with Gasteiger partial charge in [0.25, 0.3) is 0 Å². The number of halogens is 9. The fourth-order valence-electron chi connectivity index (χ4n) is 1.17. The molecule has 0 spiro atoms. The Labute approximate surface area is 115 Å². The molecule has 0 fully saturated rings. The number of allylic oxidation sites excluding steroid dienone is 1. The first-order valence-corrected chi connectivity index (χ1v) is 5.81. The van der Waals surface area contributed by atoms with E-state index in [0.717, 1.165) is 5.54 Å². The average Bonchev–Trinajstić information content (AvgIpc) is 2.13. The Morgan fingerprint density at radius 3 is 1.89 bits per heavy atom. The van der Waals surface area contributed by atoms with E-state index in [9.17, 15) is 26.3 Å². The van der Waals surface area contributed by atoms with Crippen LogP contribution in [0.4, 0.5) is 26.3 Å². The van der Waals surface area contributed by atoms with Gasteiger partial charge in [-0.2, -0.15) is 26.3 Å². The molecule has 0 saturated heterocycles. The summed E-state index contributed by atoms with van der Waals surface area (Å²) in [7, 11) is 0. The van der Waals surface area contributed by atoms with Crippen LogP contribution in [-0.4, -0.2) is 22.6 Å². The van der Waals surface area contributed by atoms with Gasteiger partial charge < -0.3 is 0 Å². The summed E-state index contributed by atoms with van der Waals surface area (Å²) in [5, 5.41) is -2.68. The molecular formula is C9H9Cl3F6.